The molecule has 2 rings (SSSR count). The highest BCUT2D eigenvalue weighted by Crippen LogP contribution is 2.33. The van der Waals surface area contributed by atoms with Crippen molar-refractivity contribution >= 4 is 0 Å². The smallest absolute Gasteiger partial charge is 0.0589 e. The summed E-state index contributed by atoms with van der Waals surface area (Å²) in [6.45, 7) is 9.27. The second-order valence-corrected chi connectivity index (χ2v) is 6.66. The lowest BCUT2D eigenvalue weighted by Crippen LogP contribution is -2.51. The molecule has 1 saturated carbocycles. The predicted octanol–water partition coefficient (Wildman–Crippen LogP) is 2.51. The van der Waals surface area contributed by atoms with Gasteiger partial charge in [0.1, 0.15) is 0 Å². The van der Waals surface area contributed by atoms with E-state index in [4.69, 9.17) is 4.74 Å². The predicted molar refractivity (Wildman–Crippen MR) is 80.4 cm³/mol. The molecule has 1 heterocycles. The van der Waals surface area contributed by atoms with Crippen molar-refractivity contribution in [2.45, 2.75) is 58.0 Å². The molecule has 1 aliphatic carbocycles. The van der Waals surface area contributed by atoms with Crippen LogP contribution in [-0.2, 0) is 4.74 Å². The third-order valence-electron chi connectivity index (χ3n) is 5.11. The van der Waals surface area contributed by atoms with E-state index in [2.05, 4.69) is 24.1 Å². The van der Waals surface area contributed by atoms with Gasteiger partial charge in [0.2, 0.25) is 0 Å². The summed E-state index contributed by atoms with van der Waals surface area (Å²) >= 11 is 0. The molecule has 0 amide bonds. The Morgan fingerprint density at radius 2 is 1.84 bits per heavy atom. The molecule has 2 aliphatic rings. The van der Waals surface area contributed by atoms with Gasteiger partial charge >= 0.3 is 0 Å². The molecule has 0 aromatic heterocycles. The summed E-state index contributed by atoms with van der Waals surface area (Å²) in [5.41, 5.74) is 0. The first-order chi connectivity index (χ1) is 9.22. The number of rotatable bonds is 6. The monoisotopic (exact) mass is 268 g/mol. The fraction of sp³-hybridized carbons (Fsp3) is 1.00. The summed E-state index contributed by atoms with van der Waals surface area (Å²) in [6.07, 6.45) is 6.91. The minimum atomic E-state index is 0.707. The number of nitrogens with one attached hydrogen (secondary N) is 1. The van der Waals surface area contributed by atoms with E-state index in [0.717, 1.165) is 31.0 Å². The number of methoxy groups -OCH3 is 1. The van der Waals surface area contributed by atoms with Gasteiger partial charge < -0.3 is 10.1 Å². The van der Waals surface area contributed by atoms with Gasteiger partial charge in [-0.05, 0) is 44.1 Å². The zero-order chi connectivity index (χ0) is 13.7. The van der Waals surface area contributed by atoms with Crippen molar-refractivity contribution < 1.29 is 4.74 Å². The average Bonchev–Trinajstić information content (AvgIpc) is 2.88. The van der Waals surface area contributed by atoms with Crippen molar-refractivity contribution in [1.82, 2.24) is 10.2 Å². The highest BCUT2D eigenvalue weighted by atomic mass is 16.5. The van der Waals surface area contributed by atoms with Gasteiger partial charge in [-0.1, -0.05) is 20.3 Å². The first kappa shape index (κ1) is 15.3. The quantitative estimate of drug-likeness (QED) is 0.801. The molecule has 1 saturated heterocycles. The van der Waals surface area contributed by atoms with Crippen LogP contribution in [0.3, 0.4) is 0 Å². The molecule has 1 N–H and O–H groups in total. The first-order valence-electron chi connectivity index (χ1n) is 8.18. The van der Waals surface area contributed by atoms with Gasteiger partial charge in [0.15, 0.2) is 0 Å². The summed E-state index contributed by atoms with van der Waals surface area (Å²) in [5.74, 6) is 1.67. The molecule has 2 fully saturated rings. The molecule has 0 radical (unpaired) electrons. The fourth-order valence-corrected chi connectivity index (χ4v) is 4.15. The van der Waals surface area contributed by atoms with Crippen LogP contribution in [0.5, 0.6) is 0 Å². The van der Waals surface area contributed by atoms with Crippen LogP contribution >= 0.6 is 0 Å². The molecule has 3 atom stereocenters. The maximum Gasteiger partial charge on any atom is 0.0589 e. The van der Waals surface area contributed by atoms with Crippen LogP contribution in [0, 0.1) is 11.8 Å². The maximum absolute atomic E-state index is 5.34. The highest BCUT2D eigenvalue weighted by molar-refractivity contribution is 4.88. The van der Waals surface area contributed by atoms with Crippen LogP contribution in [0.2, 0.25) is 0 Å². The van der Waals surface area contributed by atoms with Crippen LogP contribution in [0.25, 0.3) is 0 Å². The van der Waals surface area contributed by atoms with E-state index in [-0.39, 0.29) is 0 Å². The summed E-state index contributed by atoms with van der Waals surface area (Å²) in [4.78, 5) is 2.72. The van der Waals surface area contributed by atoms with Crippen molar-refractivity contribution in [1.29, 1.82) is 0 Å². The minimum Gasteiger partial charge on any atom is -0.383 e. The first-order valence-corrected chi connectivity index (χ1v) is 8.18. The van der Waals surface area contributed by atoms with E-state index < -0.39 is 0 Å². The Hall–Kier alpha value is -0.120. The van der Waals surface area contributed by atoms with E-state index in [0.29, 0.717) is 6.04 Å². The van der Waals surface area contributed by atoms with Gasteiger partial charge in [0, 0.05) is 32.3 Å². The number of hydrogen-bond donors (Lipinski definition) is 1. The van der Waals surface area contributed by atoms with Crippen molar-refractivity contribution in [2.75, 3.05) is 33.4 Å². The molecule has 112 valence electrons. The van der Waals surface area contributed by atoms with Crippen LogP contribution in [0.15, 0.2) is 0 Å². The standard InChI is InChI=1S/C16H32N2O/c1-13-6-4-7-14(2)16(13)18(10-11-19-3)12-15-8-5-9-17-15/h13-17H,4-12H2,1-3H3. The van der Waals surface area contributed by atoms with Crippen LogP contribution < -0.4 is 5.32 Å². The number of hydrogen-bond acceptors (Lipinski definition) is 3. The van der Waals surface area contributed by atoms with E-state index in [1.165, 1.54) is 45.2 Å². The lowest BCUT2D eigenvalue weighted by molar-refractivity contribution is 0.0408. The molecule has 0 aromatic rings. The van der Waals surface area contributed by atoms with E-state index >= 15 is 0 Å². The zero-order valence-corrected chi connectivity index (χ0v) is 13.0. The molecule has 19 heavy (non-hydrogen) atoms. The Morgan fingerprint density at radius 3 is 2.42 bits per heavy atom. The normalized spacial score (nSPS) is 36.0. The third-order valence-corrected chi connectivity index (χ3v) is 5.11. The van der Waals surface area contributed by atoms with E-state index in [1.54, 1.807) is 0 Å². The molecule has 3 heteroatoms. The van der Waals surface area contributed by atoms with Crippen molar-refractivity contribution in [2.24, 2.45) is 11.8 Å². The summed E-state index contributed by atoms with van der Waals surface area (Å²) in [7, 11) is 1.82. The van der Waals surface area contributed by atoms with Gasteiger partial charge in [-0.25, -0.2) is 0 Å². The Kier molecular flexibility index (Phi) is 6.11. The topological polar surface area (TPSA) is 24.5 Å². The zero-order valence-electron chi connectivity index (χ0n) is 13.0. The van der Waals surface area contributed by atoms with Crippen LogP contribution in [0.4, 0.5) is 0 Å². The molecule has 0 spiro atoms. The number of ether oxygens (including phenoxy) is 1. The van der Waals surface area contributed by atoms with Crippen molar-refractivity contribution in [3.63, 3.8) is 0 Å². The average molecular weight is 268 g/mol. The molecule has 0 bridgehead atoms. The van der Waals surface area contributed by atoms with Crippen LogP contribution in [-0.4, -0.2) is 50.3 Å². The molecule has 3 nitrogen and oxygen atoms in total. The van der Waals surface area contributed by atoms with Gasteiger partial charge in [0.05, 0.1) is 6.61 Å². The molecule has 1 aliphatic heterocycles. The number of nitrogens with zero attached hydrogens (tertiary/aromatic N) is 1. The van der Waals surface area contributed by atoms with E-state index in [1.807, 2.05) is 7.11 Å². The Morgan fingerprint density at radius 1 is 1.11 bits per heavy atom. The van der Waals surface area contributed by atoms with Crippen molar-refractivity contribution in [3.05, 3.63) is 0 Å². The minimum absolute atomic E-state index is 0.707. The van der Waals surface area contributed by atoms with Gasteiger partial charge in [-0.3, -0.25) is 4.90 Å². The summed E-state index contributed by atoms with van der Waals surface area (Å²) < 4.78 is 5.34. The largest absolute Gasteiger partial charge is 0.383 e. The van der Waals surface area contributed by atoms with Gasteiger partial charge in [0.25, 0.3) is 0 Å². The van der Waals surface area contributed by atoms with Gasteiger partial charge in [-0.15, -0.1) is 0 Å². The highest BCUT2D eigenvalue weighted by Gasteiger charge is 2.33. The Balaban J connectivity index is 1.97. The fourth-order valence-electron chi connectivity index (χ4n) is 4.15. The second-order valence-electron chi connectivity index (χ2n) is 6.66. The Labute approximate surface area is 119 Å². The molecule has 0 aromatic carbocycles. The third kappa shape index (κ3) is 4.17. The van der Waals surface area contributed by atoms with Crippen molar-refractivity contribution in [3.8, 4) is 0 Å². The van der Waals surface area contributed by atoms with Crippen LogP contribution in [0.1, 0.15) is 46.0 Å². The molecular formula is C16H32N2O. The van der Waals surface area contributed by atoms with Gasteiger partial charge in [-0.2, -0.15) is 0 Å². The maximum atomic E-state index is 5.34. The Bertz CT molecular complexity index is 243. The molecular weight excluding hydrogens is 236 g/mol. The molecule has 3 unspecified atom stereocenters. The second kappa shape index (κ2) is 7.61. The summed E-state index contributed by atoms with van der Waals surface area (Å²) in [5, 5.41) is 3.65. The summed E-state index contributed by atoms with van der Waals surface area (Å²) in [6, 6.07) is 1.46. The lowest BCUT2D eigenvalue weighted by Gasteiger charge is -2.43. The lowest BCUT2D eigenvalue weighted by atomic mass is 9.77. The SMILES string of the molecule is COCCN(CC1CCCN1)C1C(C)CCCC1C. The van der Waals surface area contributed by atoms with E-state index in [9.17, 15) is 0 Å².